The Bertz CT molecular complexity index is 1030. The molecule has 1 aliphatic heterocycles. The first-order valence-corrected chi connectivity index (χ1v) is 9.79. The quantitative estimate of drug-likeness (QED) is 0.677. The van der Waals surface area contributed by atoms with E-state index in [0.717, 1.165) is 53.2 Å². The molecular weight excluding hydrogens is 366 g/mol. The van der Waals surface area contributed by atoms with Gasteiger partial charge in [-0.2, -0.15) is 0 Å². The lowest BCUT2D eigenvalue weighted by atomic mass is 9.89. The van der Waals surface area contributed by atoms with E-state index in [9.17, 15) is 0 Å². The van der Waals surface area contributed by atoms with Crippen LogP contribution in [0.2, 0.25) is 0 Å². The summed E-state index contributed by atoms with van der Waals surface area (Å²) in [6, 6.07) is 15.1. The molecule has 0 bridgehead atoms. The Morgan fingerprint density at radius 3 is 2.07 bits per heavy atom. The highest BCUT2D eigenvalue weighted by atomic mass is 16.5. The highest BCUT2D eigenvalue weighted by Crippen LogP contribution is 2.37. The van der Waals surface area contributed by atoms with E-state index in [1.54, 1.807) is 28.4 Å². The number of fused-ring (bicyclic) bond motifs is 2. The van der Waals surface area contributed by atoms with E-state index >= 15 is 0 Å². The molecule has 4 rings (SSSR count). The van der Waals surface area contributed by atoms with Crippen LogP contribution in [0.25, 0.3) is 10.8 Å². The molecule has 5 heteroatoms. The smallest absolute Gasteiger partial charge is 0.161 e. The van der Waals surface area contributed by atoms with Crippen LogP contribution in [0, 0.1) is 0 Å². The average Bonchev–Trinajstić information content (AvgIpc) is 2.77. The van der Waals surface area contributed by atoms with Gasteiger partial charge in [0.15, 0.2) is 23.0 Å². The fourth-order valence-electron chi connectivity index (χ4n) is 4.14. The second-order valence-corrected chi connectivity index (χ2v) is 7.26. The molecular formula is C24H27NO4. The van der Waals surface area contributed by atoms with Crippen molar-refractivity contribution >= 4 is 10.8 Å². The average molecular weight is 393 g/mol. The molecule has 0 aliphatic carbocycles. The predicted molar refractivity (Wildman–Crippen MR) is 115 cm³/mol. The number of methoxy groups -OCH3 is 4. The third kappa shape index (κ3) is 3.70. The van der Waals surface area contributed by atoms with Gasteiger partial charge in [0.2, 0.25) is 0 Å². The molecule has 0 saturated carbocycles. The predicted octanol–water partition coefficient (Wildman–Crippen LogP) is 4.30. The Kier molecular flexibility index (Phi) is 5.49. The first-order valence-electron chi connectivity index (χ1n) is 9.79. The summed E-state index contributed by atoms with van der Waals surface area (Å²) < 4.78 is 21.9. The first-order chi connectivity index (χ1) is 14.2. The molecule has 0 amide bonds. The summed E-state index contributed by atoms with van der Waals surface area (Å²) in [5.41, 5.74) is 3.87. The van der Waals surface area contributed by atoms with Crippen molar-refractivity contribution in [1.29, 1.82) is 0 Å². The molecule has 0 fully saturated rings. The van der Waals surface area contributed by atoms with Crippen LogP contribution in [0.1, 0.15) is 22.7 Å². The van der Waals surface area contributed by atoms with Crippen LogP contribution >= 0.6 is 0 Å². The van der Waals surface area contributed by atoms with E-state index in [-0.39, 0.29) is 6.04 Å². The minimum absolute atomic E-state index is 0.233. The van der Waals surface area contributed by atoms with Crippen molar-refractivity contribution in [1.82, 2.24) is 5.32 Å². The summed E-state index contributed by atoms with van der Waals surface area (Å²) in [7, 11) is 6.69. The van der Waals surface area contributed by atoms with Crippen molar-refractivity contribution < 1.29 is 18.9 Å². The maximum Gasteiger partial charge on any atom is 0.161 e. The van der Waals surface area contributed by atoms with E-state index in [2.05, 4.69) is 35.6 Å². The Hall–Kier alpha value is -2.92. The van der Waals surface area contributed by atoms with E-state index in [1.165, 1.54) is 16.7 Å². The SMILES string of the molecule is COc1cc2c(cc1OC)C(Cc1ccc3cc(OC)c(OC)cc3c1)NCC2. The molecule has 0 aromatic heterocycles. The molecule has 1 unspecified atom stereocenters. The fraction of sp³-hybridized carbons (Fsp3) is 0.333. The molecule has 0 radical (unpaired) electrons. The minimum atomic E-state index is 0.233. The van der Waals surface area contributed by atoms with Gasteiger partial charge < -0.3 is 24.3 Å². The van der Waals surface area contributed by atoms with Gasteiger partial charge in [-0.3, -0.25) is 0 Å². The second-order valence-electron chi connectivity index (χ2n) is 7.26. The highest BCUT2D eigenvalue weighted by molar-refractivity contribution is 5.86. The Morgan fingerprint density at radius 2 is 1.38 bits per heavy atom. The van der Waals surface area contributed by atoms with Crippen LogP contribution in [0.3, 0.4) is 0 Å². The standard InChI is InChI=1S/C24H27NO4/c1-26-21-11-16-6-5-15(9-18(16)13-23(21)28-3)10-20-19-14-24(29-4)22(27-2)12-17(19)7-8-25-20/h5-6,9,11-14,20,25H,7-8,10H2,1-4H3. The van der Waals surface area contributed by atoms with Crippen molar-refractivity contribution in [3.8, 4) is 23.0 Å². The molecule has 1 atom stereocenters. The van der Waals surface area contributed by atoms with Crippen molar-refractivity contribution in [3.05, 3.63) is 59.2 Å². The lowest BCUT2D eigenvalue weighted by molar-refractivity contribution is 0.352. The largest absolute Gasteiger partial charge is 0.493 e. The van der Waals surface area contributed by atoms with Gasteiger partial charge in [0.1, 0.15) is 0 Å². The number of hydrogen-bond donors (Lipinski definition) is 1. The first kappa shape index (κ1) is 19.4. The number of nitrogens with one attached hydrogen (secondary N) is 1. The lowest BCUT2D eigenvalue weighted by Crippen LogP contribution is -2.31. The van der Waals surface area contributed by atoms with Crippen molar-refractivity contribution in [3.63, 3.8) is 0 Å². The Labute approximate surface area is 171 Å². The monoisotopic (exact) mass is 393 g/mol. The summed E-state index contributed by atoms with van der Waals surface area (Å²) in [5, 5.41) is 5.94. The molecule has 1 heterocycles. The van der Waals surface area contributed by atoms with Crippen molar-refractivity contribution in [2.45, 2.75) is 18.9 Å². The Balaban J connectivity index is 1.67. The third-order valence-electron chi connectivity index (χ3n) is 5.65. The van der Waals surface area contributed by atoms with Crippen LogP contribution in [0.15, 0.2) is 42.5 Å². The van der Waals surface area contributed by atoms with Crippen LogP contribution in [0.5, 0.6) is 23.0 Å². The van der Waals surface area contributed by atoms with Crippen LogP contribution < -0.4 is 24.3 Å². The van der Waals surface area contributed by atoms with Gasteiger partial charge in [-0.15, -0.1) is 0 Å². The summed E-state index contributed by atoms with van der Waals surface area (Å²) in [5.74, 6) is 3.06. The molecule has 3 aromatic carbocycles. The molecule has 1 aliphatic rings. The van der Waals surface area contributed by atoms with Crippen LogP contribution in [0.4, 0.5) is 0 Å². The number of benzene rings is 3. The highest BCUT2D eigenvalue weighted by Gasteiger charge is 2.23. The topological polar surface area (TPSA) is 49.0 Å². The lowest BCUT2D eigenvalue weighted by Gasteiger charge is -2.28. The second kappa shape index (κ2) is 8.21. The molecule has 1 N–H and O–H groups in total. The zero-order valence-corrected chi connectivity index (χ0v) is 17.4. The van der Waals surface area contributed by atoms with Crippen LogP contribution in [-0.2, 0) is 12.8 Å². The summed E-state index contributed by atoms with van der Waals surface area (Å²) >= 11 is 0. The van der Waals surface area contributed by atoms with Gasteiger partial charge >= 0.3 is 0 Å². The van der Waals surface area contributed by atoms with E-state index in [4.69, 9.17) is 18.9 Å². The summed E-state index contributed by atoms with van der Waals surface area (Å²) in [6.45, 7) is 0.950. The third-order valence-corrected chi connectivity index (χ3v) is 5.65. The van der Waals surface area contributed by atoms with Crippen molar-refractivity contribution in [2.75, 3.05) is 35.0 Å². The maximum atomic E-state index is 5.53. The molecule has 5 nitrogen and oxygen atoms in total. The minimum Gasteiger partial charge on any atom is -0.493 e. The maximum absolute atomic E-state index is 5.53. The zero-order chi connectivity index (χ0) is 20.4. The van der Waals surface area contributed by atoms with E-state index < -0.39 is 0 Å². The summed E-state index contributed by atoms with van der Waals surface area (Å²) in [6.07, 6.45) is 1.88. The van der Waals surface area contributed by atoms with Crippen molar-refractivity contribution in [2.24, 2.45) is 0 Å². The summed E-state index contributed by atoms with van der Waals surface area (Å²) in [4.78, 5) is 0. The van der Waals surface area contributed by atoms with Gasteiger partial charge in [-0.1, -0.05) is 18.2 Å². The number of ether oxygens (including phenoxy) is 4. The molecule has 3 aromatic rings. The van der Waals surface area contributed by atoms with Gasteiger partial charge in [-0.25, -0.2) is 0 Å². The molecule has 0 saturated heterocycles. The van der Waals surface area contributed by atoms with Crippen LogP contribution in [-0.4, -0.2) is 35.0 Å². The Morgan fingerprint density at radius 1 is 0.759 bits per heavy atom. The van der Waals surface area contributed by atoms with Gasteiger partial charge in [-0.05, 0) is 71.1 Å². The van der Waals surface area contributed by atoms with Gasteiger partial charge in [0, 0.05) is 6.04 Å². The molecule has 0 spiro atoms. The number of hydrogen-bond acceptors (Lipinski definition) is 5. The molecule has 29 heavy (non-hydrogen) atoms. The van der Waals surface area contributed by atoms with E-state index in [0.29, 0.717) is 0 Å². The normalized spacial score (nSPS) is 15.7. The number of rotatable bonds is 6. The fourth-order valence-corrected chi connectivity index (χ4v) is 4.14. The van der Waals surface area contributed by atoms with Gasteiger partial charge in [0.25, 0.3) is 0 Å². The van der Waals surface area contributed by atoms with E-state index in [1.807, 2.05) is 12.1 Å². The van der Waals surface area contributed by atoms with Gasteiger partial charge in [0.05, 0.1) is 28.4 Å². The zero-order valence-electron chi connectivity index (χ0n) is 17.4. The molecule has 152 valence electrons.